The zero-order valence-electron chi connectivity index (χ0n) is 10.1. The van der Waals surface area contributed by atoms with E-state index in [1.807, 2.05) is 37.3 Å². The standard InChI is InChI=1S/C14H15NO2/c1-3-11-7-5-6-8-12(11)9-13(10-15)14(16)17-4-2/h5-9H,3-4H2,1-2H3. The molecule has 0 unspecified atom stereocenters. The summed E-state index contributed by atoms with van der Waals surface area (Å²) in [5, 5.41) is 8.93. The lowest BCUT2D eigenvalue weighted by atomic mass is 10.0. The van der Waals surface area contributed by atoms with Crippen LogP contribution in [0, 0.1) is 11.3 Å². The number of nitrogens with zero attached hydrogens (tertiary/aromatic N) is 1. The van der Waals surface area contributed by atoms with Gasteiger partial charge in [0.25, 0.3) is 0 Å². The number of esters is 1. The summed E-state index contributed by atoms with van der Waals surface area (Å²) >= 11 is 0. The third kappa shape index (κ3) is 3.46. The number of rotatable bonds is 4. The summed E-state index contributed by atoms with van der Waals surface area (Å²) in [5.74, 6) is -0.569. The molecular formula is C14H15NO2. The first-order valence-electron chi connectivity index (χ1n) is 5.59. The van der Waals surface area contributed by atoms with E-state index in [1.54, 1.807) is 13.0 Å². The van der Waals surface area contributed by atoms with Crippen molar-refractivity contribution in [3.8, 4) is 6.07 Å². The molecule has 0 saturated heterocycles. The zero-order valence-corrected chi connectivity index (χ0v) is 10.1. The maximum absolute atomic E-state index is 11.5. The summed E-state index contributed by atoms with van der Waals surface area (Å²) in [6.45, 7) is 4.02. The predicted molar refractivity (Wildman–Crippen MR) is 66.0 cm³/mol. The van der Waals surface area contributed by atoms with Crippen LogP contribution in [0.1, 0.15) is 25.0 Å². The molecule has 3 heteroatoms. The molecule has 0 fully saturated rings. The Hall–Kier alpha value is -2.08. The lowest BCUT2D eigenvalue weighted by Crippen LogP contribution is -2.06. The third-order valence-corrected chi connectivity index (χ3v) is 2.35. The molecule has 0 aliphatic rings. The Morgan fingerprint density at radius 1 is 1.41 bits per heavy atom. The normalized spacial score (nSPS) is 10.8. The second kappa shape index (κ2) is 6.49. The molecule has 17 heavy (non-hydrogen) atoms. The maximum Gasteiger partial charge on any atom is 0.348 e. The Morgan fingerprint density at radius 3 is 2.71 bits per heavy atom. The van der Waals surface area contributed by atoms with E-state index in [-0.39, 0.29) is 12.2 Å². The highest BCUT2D eigenvalue weighted by atomic mass is 16.5. The molecular weight excluding hydrogens is 214 g/mol. The van der Waals surface area contributed by atoms with E-state index >= 15 is 0 Å². The van der Waals surface area contributed by atoms with Crippen molar-refractivity contribution in [3.05, 3.63) is 41.0 Å². The highest BCUT2D eigenvalue weighted by Crippen LogP contribution is 2.14. The molecule has 0 aliphatic heterocycles. The number of nitriles is 1. The first kappa shape index (κ1) is 13.0. The predicted octanol–water partition coefficient (Wildman–Crippen LogP) is 2.72. The summed E-state index contributed by atoms with van der Waals surface area (Å²) in [4.78, 5) is 11.5. The van der Waals surface area contributed by atoms with Crippen LogP contribution in [-0.4, -0.2) is 12.6 Å². The van der Waals surface area contributed by atoms with E-state index in [1.165, 1.54) is 0 Å². The number of aryl methyl sites for hydroxylation is 1. The number of hydrogen-bond donors (Lipinski definition) is 0. The molecule has 88 valence electrons. The van der Waals surface area contributed by atoms with E-state index in [4.69, 9.17) is 10.00 Å². The fourth-order valence-corrected chi connectivity index (χ4v) is 1.50. The fourth-order valence-electron chi connectivity index (χ4n) is 1.50. The van der Waals surface area contributed by atoms with Crippen LogP contribution in [0.15, 0.2) is 29.8 Å². The largest absolute Gasteiger partial charge is 0.462 e. The van der Waals surface area contributed by atoms with Crippen molar-refractivity contribution < 1.29 is 9.53 Å². The van der Waals surface area contributed by atoms with Gasteiger partial charge in [0.2, 0.25) is 0 Å². The van der Waals surface area contributed by atoms with Gasteiger partial charge >= 0.3 is 5.97 Å². The molecule has 0 heterocycles. The smallest absolute Gasteiger partial charge is 0.348 e. The Balaban J connectivity index is 3.07. The van der Waals surface area contributed by atoms with E-state index in [9.17, 15) is 4.79 Å². The Morgan fingerprint density at radius 2 is 2.12 bits per heavy atom. The van der Waals surface area contributed by atoms with Gasteiger partial charge in [-0.2, -0.15) is 5.26 Å². The van der Waals surface area contributed by atoms with E-state index in [0.29, 0.717) is 0 Å². The van der Waals surface area contributed by atoms with Crippen molar-refractivity contribution >= 4 is 12.0 Å². The van der Waals surface area contributed by atoms with Gasteiger partial charge < -0.3 is 4.74 Å². The van der Waals surface area contributed by atoms with Crippen molar-refractivity contribution in [1.82, 2.24) is 0 Å². The Labute approximate surface area is 101 Å². The lowest BCUT2D eigenvalue weighted by molar-refractivity contribution is -0.137. The first-order valence-corrected chi connectivity index (χ1v) is 5.59. The van der Waals surface area contributed by atoms with Crippen molar-refractivity contribution in [2.24, 2.45) is 0 Å². The van der Waals surface area contributed by atoms with Gasteiger partial charge in [0.05, 0.1) is 6.61 Å². The quantitative estimate of drug-likeness (QED) is 0.453. The molecule has 1 aromatic carbocycles. The monoisotopic (exact) mass is 229 g/mol. The molecule has 0 saturated carbocycles. The Kier molecular flexibility index (Phi) is 4.96. The lowest BCUT2D eigenvalue weighted by Gasteiger charge is -2.04. The van der Waals surface area contributed by atoms with Crippen LogP contribution in [-0.2, 0) is 16.0 Å². The van der Waals surface area contributed by atoms with Gasteiger partial charge in [-0.05, 0) is 30.5 Å². The third-order valence-electron chi connectivity index (χ3n) is 2.35. The van der Waals surface area contributed by atoms with E-state index < -0.39 is 5.97 Å². The van der Waals surface area contributed by atoms with Gasteiger partial charge in [-0.15, -0.1) is 0 Å². The number of ether oxygens (including phenoxy) is 1. The minimum atomic E-state index is -0.569. The van der Waals surface area contributed by atoms with E-state index in [0.717, 1.165) is 17.5 Å². The molecule has 1 rings (SSSR count). The molecule has 0 radical (unpaired) electrons. The average Bonchev–Trinajstić information content (AvgIpc) is 2.36. The minimum Gasteiger partial charge on any atom is -0.462 e. The van der Waals surface area contributed by atoms with E-state index in [2.05, 4.69) is 0 Å². The minimum absolute atomic E-state index is 0.0350. The number of carbonyl (C=O) groups excluding carboxylic acids is 1. The summed E-state index contributed by atoms with van der Waals surface area (Å²) < 4.78 is 4.81. The molecule has 0 atom stereocenters. The summed E-state index contributed by atoms with van der Waals surface area (Å²) in [6.07, 6.45) is 2.44. The first-order chi connectivity index (χ1) is 8.22. The topological polar surface area (TPSA) is 50.1 Å². The molecule has 0 N–H and O–H groups in total. The average molecular weight is 229 g/mol. The number of benzene rings is 1. The van der Waals surface area contributed by atoms with Crippen LogP contribution in [0.3, 0.4) is 0 Å². The summed E-state index contributed by atoms with van der Waals surface area (Å²) in [5.41, 5.74) is 2.02. The van der Waals surface area contributed by atoms with Gasteiger partial charge in [-0.3, -0.25) is 0 Å². The highest BCUT2D eigenvalue weighted by Gasteiger charge is 2.10. The van der Waals surface area contributed by atoms with Gasteiger partial charge in [-0.1, -0.05) is 31.2 Å². The highest BCUT2D eigenvalue weighted by molar-refractivity contribution is 5.98. The number of carbonyl (C=O) groups is 1. The van der Waals surface area contributed by atoms with Crippen LogP contribution in [0.4, 0.5) is 0 Å². The fraction of sp³-hybridized carbons (Fsp3) is 0.286. The van der Waals surface area contributed by atoms with Crippen molar-refractivity contribution in [1.29, 1.82) is 5.26 Å². The van der Waals surface area contributed by atoms with Crippen molar-refractivity contribution in [3.63, 3.8) is 0 Å². The van der Waals surface area contributed by atoms with Gasteiger partial charge in [0, 0.05) is 0 Å². The van der Waals surface area contributed by atoms with Crippen molar-refractivity contribution in [2.75, 3.05) is 6.61 Å². The molecule has 3 nitrogen and oxygen atoms in total. The summed E-state index contributed by atoms with van der Waals surface area (Å²) in [6, 6.07) is 9.55. The van der Waals surface area contributed by atoms with Crippen LogP contribution >= 0.6 is 0 Å². The molecule has 0 amide bonds. The second-order valence-electron chi connectivity index (χ2n) is 3.44. The van der Waals surface area contributed by atoms with Gasteiger partial charge in [-0.25, -0.2) is 4.79 Å². The van der Waals surface area contributed by atoms with Crippen LogP contribution < -0.4 is 0 Å². The van der Waals surface area contributed by atoms with Gasteiger partial charge in [0.1, 0.15) is 11.6 Å². The molecule has 1 aromatic rings. The van der Waals surface area contributed by atoms with Crippen LogP contribution in [0.5, 0.6) is 0 Å². The molecule has 0 aliphatic carbocycles. The molecule has 0 bridgehead atoms. The van der Waals surface area contributed by atoms with Crippen LogP contribution in [0.25, 0.3) is 6.08 Å². The van der Waals surface area contributed by atoms with Crippen molar-refractivity contribution in [2.45, 2.75) is 20.3 Å². The molecule has 0 spiro atoms. The zero-order chi connectivity index (χ0) is 12.7. The maximum atomic E-state index is 11.5. The van der Waals surface area contributed by atoms with Gasteiger partial charge in [0.15, 0.2) is 0 Å². The number of hydrogen-bond acceptors (Lipinski definition) is 3. The Bertz CT molecular complexity index is 469. The SMILES string of the molecule is CCOC(=O)C(C#N)=Cc1ccccc1CC. The summed E-state index contributed by atoms with van der Waals surface area (Å²) in [7, 11) is 0. The molecule has 0 aromatic heterocycles. The van der Waals surface area contributed by atoms with Crippen LogP contribution in [0.2, 0.25) is 0 Å². The second-order valence-corrected chi connectivity index (χ2v) is 3.44.